The van der Waals surface area contributed by atoms with Gasteiger partial charge in [-0.25, -0.2) is 4.98 Å². The van der Waals surface area contributed by atoms with Gasteiger partial charge in [0.25, 0.3) is 0 Å². The van der Waals surface area contributed by atoms with Crippen molar-refractivity contribution in [1.29, 1.82) is 0 Å². The number of nitrogens with one attached hydrogen (secondary N) is 1. The Bertz CT molecular complexity index is 327. The molecule has 1 saturated heterocycles. The second-order valence-electron chi connectivity index (χ2n) is 4.02. The summed E-state index contributed by atoms with van der Waals surface area (Å²) in [7, 11) is 3.29. The lowest BCUT2D eigenvalue weighted by Gasteiger charge is -2.22. The molecule has 1 aromatic heterocycles. The lowest BCUT2D eigenvalue weighted by molar-refractivity contribution is 0.374. The van der Waals surface area contributed by atoms with Crippen LogP contribution in [0.1, 0.15) is 24.5 Å². The summed E-state index contributed by atoms with van der Waals surface area (Å²) in [4.78, 5) is 4.48. The highest BCUT2D eigenvalue weighted by Crippen LogP contribution is 2.27. The molecule has 0 radical (unpaired) electrons. The molecule has 0 saturated carbocycles. The van der Waals surface area contributed by atoms with E-state index in [-0.39, 0.29) is 0 Å². The number of hydrogen-bond acceptors (Lipinski definition) is 4. The lowest BCUT2D eigenvalue weighted by atomic mass is 9.95. The van der Waals surface area contributed by atoms with Gasteiger partial charge in [-0.2, -0.15) is 0 Å². The number of nitrogens with zero attached hydrogens (tertiary/aromatic N) is 1. The number of pyridine rings is 1. The normalized spacial score (nSPS) is 20.5. The number of aromatic nitrogens is 1. The molecule has 4 nitrogen and oxygen atoms in total. The highest BCUT2D eigenvalue weighted by molar-refractivity contribution is 5.32. The van der Waals surface area contributed by atoms with Crippen LogP contribution in [0.3, 0.4) is 0 Å². The highest BCUT2D eigenvalue weighted by atomic mass is 16.5. The third-order valence-electron chi connectivity index (χ3n) is 2.96. The fourth-order valence-electron chi connectivity index (χ4n) is 2.04. The summed E-state index contributed by atoms with van der Waals surface area (Å²) in [6, 6.07) is 3.81. The molecule has 1 fully saturated rings. The van der Waals surface area contributed by atoms with Crippen LogP contribution in [0.5, 0.6) is 11.6 Å². The van der Waals surface area contributed by atoms with E-state index >= 15 is 0 Å². The maximum atomic E-state index is 5.25. The monoisotopic (exact) mass is 222 g/mol. The molecule has 0 spiro atoms. The van der Waals surface area contributed by atoms with Crippen LogP contribution in [0.15, 0.2) is 12.1 Å². The Balaban J connectivity index is 2.24. The van der Waals surface area contributed by atoms with Gasteiger partial charge in [-0.15, -0.1) is 0 Å². The summed E-state index contributed by atoms with van der Waals surface area (Å²) in [5.41, 5.74) is 1.06. The van der Waals surface area contributed by atoms with Gasteiger partial charge in [0.15, 0.2) is 0 Å². The second-order valence-corrected chi connectivity index (χ2v) is 4.02. The Labute approximate surface area is 96.0 Å². The molecule has 0 aliphatic carbocycles. The van der Waals surface area contributed by atoms with Gasteiger partial charge < -0.3 is 14.8 Å². The lowest BCUT2D eigenvalue weighted by Crippen LogP contribution is -2.28. The molecule has 1 aromatic rings. The van der Waals surface area contributed by atoms with Crippen molar-refractivity contribution >= 4 is 0 Å². The number of methoxy groups -OCH3 is 2. The Morgan fingerprint density at radius 3 is 2.81 bits per heavy atom. The average Bonchev–Trinajstić information content (AvgIpc) is 2.39. The summed E-state index contributed by atoms with van der Waals surface area (Å²) < 4.78 is 10.4. The Morgan fingerprint density at radius 2 is 2.19 bits per heavy atom. The first-order valence-corrected chi connectivity index (χ1v) is 5.64. The fraction of sp³-hybridized carbons (Fsp3) is 0.583. The SMILES string of the molecule is COc1cc(OC)nc(C2CCCNC2)c1. The van der Waals surface area contributed by atoms with Gasteiger partial charge in [0.2, 0.25) is 5.88 Å². The summed E-state index contributed by atoms with van der Waals surface area (Å²) in [5, 5.41) is 3.39. The van der Waals surface area contributed by atoms with Gasteiger partial charge in [0, 0.05) is 24.6 Å². The molecule has 0 bridgehead atoms. The summed E-state index contributed by atoms with van der Waals surface area (Å²) in [6.07, 6.45) is 2.38. The molecular weight excluding hydrogens is 204 g/mol. The molecule has 1 N–H and O–H groups in total. The van der Waals surface area contributed by atoms with E-state index in [2.05, 4.69) is 10.3 Å². The zero-order valence-corrected chi connectivity index (χ0v) is 9.82. The van der Waals surface area contributed by atoms with Crippen molar-refractivity contribution in [2.24, 2.45) is 0 Å². The molecule has 0 aromatic carbocycles. The molecule has 16 heavy (non-hydrogen) atoms. The fourth-order valence-corrected chi connectivity index (χ4v) is 2.04. The number of hydrogen-bond donors (Lipinski definition) is 1. The molecular formula is C12H18N2O2. The Hall–Kier alpha value is -1.29. The third-order valence-corrected chi connectivity index (χ3v) is 2.96. The largest absolute Gasteiger partial charge is 0.496 e. The van der Waals surface area contributed by atoms with Crippen molar-refractivity contribution in [3.8, 4) is 11.6 Å². The van der Waals surface area contributed by atoms with Crippen molar-refractivity contribution in [2.75, 3.05) is 27.3 Å². The maximum absolute atomic E-state index is 5.25. The summed E-state index contributed by atoms with van der Waals surface area (Å²) in [5.74, 6) is 1.91. The molecule has 88 valence electrons. The van der Waals surface area contributed by atoms with Gasteiger partial charge in [0.1, 0.15) is 5.75 Å². The van der Waals surface area contributed by atoms with Gasteiger partial charge in [-0.05, 0) is 19.4 Å². The minimum Gasteiger partial charge on any atom is -0.496 e. The first kappa shape index (κ1) is 11.2. The number of ether oxygens (including phenoxy) is 2. The predicted molar refractivity (Wildman–Crippen MR) is 62.2 cm³/mol. The zero-order chi connectivity index (χ0) is 11.4. The molecule has 2 rings (SSSR count). The van der Waals surface area contributed by atoms with Crippen LogP contribution in [-0.4, -0.2) is 32.3 Å². The van der Waals surface area contributed by atoms with Gasteiger partial charge >= 0.3 is 0 Å². The maximum Gasteiger partial charge on any atom is 0.216 e. The van der Waals surface area contributed by atoms with Crippen molar-refractivity contribution in [3.63, 3.8) is 0 Å². The summed E-state index contributed by atoms with van der Waals surface area (Å²) >= 11 is 0. The first-order chi connectivity index (χ1) is 7.83. The van der Waals surface area contributed by atoms with E-state index in [1.807, 2.05) is 6.07 Å². The van der Waals surface area contributed by atoms with Crippen molar-refractivity contribution in [1.82, 2.24) is 10.3 Å². The first-order valence-electron chi connectivity index (χ1n) is 5.64. The second kappa shape index (κ2) is 5.16. The Morgan fingerprint density at radius 1 is 1.31 bits per heavy atom. The van der Waals surface area contributed by atoms with Gasteiger partial charge in [0.05, 0.1) is 19.9 Å². The highest BCUT2D eigenvalue weighted by Gasteiger charge is 2.18. The zero-order valence-electron chi connectivity index (χ0n) is 9.82. The van der Waals surface area contributed by atoms with E-state index in [0.717, 1.165) is 24.5 Å². The van der Waals surface area contributed by atoms with Gasteiger partial charge in [-0.3, -0.25) is 0 Å². The van der Waals surface area contributed by atoms with Crippen molar-refractivity contribution in [2.45, 2.75) is 18.8 Å². The van der Waals surface area contributed by atoms with Crippen molar-refractivity contribution in [3.05, 3.63) is 17.8 Å². The van der Waals surface area contributed by atoms with E-state index in [1.54, 1.807) is 20.3 Å². The van der Waals surface area contributed by atoms with Crippen LogP contribution in [0, 0.1) is 0 Å². The smallest absolute Gasteiger partial charge is 0.216 e. The van der Waals surface area contributed by atoms with Crippen molar-refractivity contribution < 1.29 is 9.47 Å². The van der Waals surface area contributed by atoms with E-state index in [0.29, 0.717) is 11.8 Å². The molecule has 4 heteroatoms. The van der Waals surface area contributed by atoms with Gasteiger partial charge in [-0.1, -0.05) is 0 Å². The van der Waals surface area contributed by atoms with Crippen LogP contribution >= 0.6 is 0 Å². The molecule has 1 aliphatic heterocycles. The molecule has 1 atom stereocenters. The minimum absolute atomic E-state index is 0.470. The third kappa shape index (κ3) is 2.44. The van der Waals surface area contributed by atoms with Crippen LogP contribution in [0.2, 0.25) is 0 Å². The summed E-state index contributed by atoms with van der Waals surface area (Å²) in [6.45, 7) is 2.10. The molecule has 1 aliphatic rings. The van der Waals surface area contributed by atoms with E-state index in [9.17, 15) is 0 Å². The Kier molecular flexibility index (Phi) is 3.62. The van der Waals surface area contributed by atoms with E-state index in [4.69, 9.17) is 9.47 Å². The van der Waals surface area contributed by atoms with Crippen LogP contribution in [0.4, 0.5) is 0 Å². The van der Waals surface area contributed by atoms with Crippen LogP contribution < -0.4 is 14.8 Å². The van der Waals surface area contributed by atoms with E-state index in [1.165, 1.54) is 12.8 Å². The quantitative estimate of drug-likeness (QED) is 0.843. The standard InChI is InChI=1S/C12H18N2O2/c1-15-10-6-11(14-12(7-10)16-2)9-4-3-5-13-8-9/h6-7,9,13H,3-5,8H2,1-2H3. The predicted octanol–water partition coefficient (Wildman–Crippen LogP) is 1.57. The molecule has 0 amide bonds. The number of rotatable bonds is 3. The average molecular weight is 222 g/mol. The molecule has 1 unspecified atom stereocenters. The van der Waals surface area contributed by atoms with Crippen LogP contribution in [-0.2, 0) is 0 Å². The topological polar surface area (TPSA) is 43.4 Å². The molecule has 2 heterocycles. The minimum atomic E-state index is 0.470. The number of piperidine rings is 1. The van der Waals surface area contributed by atoms with Crippen LogP contribution in [0.25, 0.3) is 0 Å². The van der Waals surface area contributed by atoms with E-state index < -0.39 is 0 Å².